The van der Waals surface area contributed by atoms with Crippen LogP contribution in [0.25, 0.3) is 0 Å². The molecule has 0 saturated heterocycles. The van der Waals surface area contributed by atoms with Gasteiger partial charge < -0.3 is 5.11 Å². The molecule has 5 saturated carbocycles. The summed E-state index contributed by atoms with van der Waals surface area (Å²) in [5.74, 6) is 5.35. The highest BCUT2D eigenvalue weighted by atomic mass is 16.3. The number of hydrogen-bond donors (Lipinski definition) is 1. The third kappa shape index (κ3) is 2.69. The number of rotatable bonds is 5. The highest BCUT2D eigenvalue weighted by Crippen LogP contribution is 2.87. The van der Waals surface area contributed by atoms with Crippen molar-refractivity contribution in [3.63, 3.8) is 0 Å². The van der Waals surface area contributed by atoms with Crippen molar-refractivity contribution in [1.29, 1.82) is 0 Å². The maximum atomic E-state index is 10.3. The van der Waals surface area contributed by atoms with E-state index in [1.54, 1.807) is 0 Å². The summed E-state index contributed by atoms with van der Waals surface area (Å²) in [5.41, 5.74) is 2.46. The smallest absolute Gasteiger partial charge is 0.0543 e. The van der Waals surface area contributed by atoms with E-state index >= 15 is 0 Å². The lowest BCUT2D eigenvalue weighted by atomic mass is 9.43. The van der Waals surface area contributed by atoms with Crippen LogP contribution in [0.1, 0.15) is 119 Å². The number of hydrogen-bond acceptors (Lipinski definition) is 1. The number of fused-ring (bicyclic) bond motifs is 2. The third-order valence-corrected chi connectivity index (χ3v) is 13.1. The Morgan fingerprint density at radius 3 is 2.30 bits per heavy atom. The Hall–Kier alpha value is -0.0400. The van der Waals surface area contributed by atoms with Gasteiger partial charge >= 0.3 is 0 Å². The lowest BCUT2D eigenvalue weighted by molar-refractivity contribution is -0.133. The van der Waals surface area contributed by atoms with Crippen LogP contribution >= 0.6 is 0 Å². The fourth-order valence-electron chi connectivity index (χ4n) is 10.6. The average molecular weight is 415 g/mol. The molecule has 30 heavy (non-hydrogen) atoms. The van der Waals surface area contributed by atoms with Crippen LogP contribution in [0.15, 0.2) is 0 Å². The van der Waals surface area contributed by atoms with Gasteiger partial charge in [0.1, 0.15) is 0 Å². The Kier molecular flexibility index (Phi) is 5.07. The largest absolute Gasteiger partial charge is 0.393 e. The zero-order chi connectivity index (χ0) is 21.5. The van der Waals surface area contributed by atoms with E-state index in [0.29, 0.717) is 21.7 Å². The van der Waals surface area contributed by atoms with Crippen molar-refractivity contribution >= 4 is 0 Å². The number of aliphatic hydroxyl groups is 1. The molecule has 5 rings (SSSR count). The van der Waals surface area contributed by atoms with Crippen LogP contribution in [0.3, 0.4) is 0 Å². The summed E-state index contributed by atoms with van der Waals surface area (Å²) in [5, 5.41) is 10.3. The summed E-state index contributed by atoms with van der Waals surface area (Å²) in [4.78, 5) is 0. The third-order valence-electron chi connectivity index (χ3n) is 13.1. The Balaban J connectivity index is 1.35. The molecule has 2 spiro atoms. The Morgan fingerprint density at radius 1 is 0.800 bits per heavy atom. The van der Waals surface area contributed by atoms with Crippen LogP contribution in [0.2, 0.25) is 0 Å². The standard InChI is InChI=1S/C29H50O/c1-19(2)20(3)7-8-21(4)24-12-13-27(6)25-10-9-22-17-23(30)11-14-28(22)18-29(25,28)16-15-26(24,27)5/h19-25,30H,7-18H2,1-6H3/t20-,21+,22-,23-,24+,25-,26+,27-,28+,29+/m0/s1. The first-order valence-corrected chi connectivity index (χ1v) is 13.8. The quantitative estimate of drug-likeness (QED) is 0.485. The molecule has 172 valence electrons. The zero-order valence-corrected chi connectivity index (χ0v) is 21.0. The van der Waals surface area contributed by atoms with Gasteiger partial charge in [0.2, 0.25) is 0 Å². The van der Waals surface area contributed by atoms with Crippen LogP contribution in [0.4, 0.5) is 0 Å². The molecular formula is C29H50O. The molecule has 5 aliphatic carbocycles. The fraction of sp³-hybridized carbons (Fsp3) is 1.00. The average Bonchev–Trinajstić information content (AvgIpc) is 3.28. The monoisotopic (exact) mass is 414 g/mol. The molecule has 1 heteroatoms. The minimum atomic E-state index is 0.00390. The van der Waals surface area contributed by atoms with Crippen molar-refractivity contribution in [3.8, 4) is 0 Å². The number of aliphatic hydroxyl groups excluding tert-OH is 1. The Morgan fingerprint density at radius 2 is 1.57 bits per heavy atom. The molecule has 0 aromatic rings. The maximum Gasteiger partial charge on any atom is 0.0543 e. The first-order chi connectivity index (χ1) is 14.1. The van der Waals surface area contributed by atoms with E-state index in [2.05, 4.69) is 41.5 Å². The summed E-state index contributed by atoms with van der Waals surface area (Å²) in [6.45, 7) is 15.4. The molecule has 1 N–H and O–H groups in total. The molecule has 0 unspecified atom stereocenters. The highest BCUT2D eigenvalue weighted by Gasteiger charge is 2.80. The molecular weight excluding hydrogens is 364 g/mol. The van der Waals surface area contributed by atoms with E-state index < -0.39 is 0 Å². The van der Waals surface area contributed by atoms with Crippen molar-refractivity contribution < 1.29 is 5.11 Å². The second kappa shape index (κ2) is 6.98. The molecule has 0 amide bonds. The lowest BCUT2D eigenvalue weighted by Gasteiger charge is -2.61. The summed E-state index contributed by atoms with van der Waals surface area (Å²) in [7, 11) is 0. The van der Waals surface area contributed by atoms with Gasteiger partial charge in [0, 0.05) is 0 Å². The minimum absolute atomic E-state index is 0.00390. The molecule has 0 bridgehead atoms. The van der Waals surface area contributed by atoms with Crippen molar-refractivity contribution in [3.05, 3.63) is 0 Å². The summed E-state index contributed by atoms with van der Waals surface area (Å²) >= 11 is 0. The van der Waals surface area contributed by atoms with E-state index in [4.69, 9.17) is 0 Å². The topological polar surface area (TPSA) is 20.2 Å². The summed E-state index contributed by atoms with van der Waals surface area (Å²) in [6.07, 6.45) is 16.8. The molecule has 5 fully saturated rings. The van der Waals surface area contributed by atoms with Gasteiger partial charge in [0.15, 0.2) is 0 Å². The van der Waals surface area contributed by atoms with Gasteiger partial charge in [-0.15, -0.1) is 0 Å². The first-order valence-electron chi connectivity index (χ1n) is 13.8. The molecule has 0 aromatic heterocycles. The Labute approximate surface area is 187 Å². The molecule has 5 aliphatic rings. The SMILES string of the molecule is CC(C)[C@@H](C)CC[C@@H](C)[C@H]1CC[C@@]2(C)[C@@H]3CC[C@H]4C[C@@H](O)CC[C@@]45C[C@]35CC[C@]12C. The highest BCUT2D eigenvalue weighted by molar-refractivity contribution is 5.29. The lowest BCUT2D eigenvalue weighted by Crippen LogP contribution is -2.55. The van der Waals surface area contributed by atoms with Gasteiger partial charge in [0.25, 0.3) is 0 Å². The van der Waals surface area contributed by atoms with Crippen LogP contribution < -0.4 is 0 Å². The van der Waals surface area contributed by atoms with Crippen LogP contribution in [-0.4, -0.2) is 11.2 Å². The van der Waals surface area contributed by atoms with Gasteiger partial charge in [-0.05, 0) is 121 Å². The molecule has 0 heterocycles. The van der Waals surface area contributed by atoms with Crippen molar-refractivity contribution in [2.75, 3.05) is 0 Å². The molecule has 0 aromatic carbocycles. The van der Waals surface area contributed by atoms with Crippen molar-refractivity contribution in [2.24, 2.45) is 57.2 Å². The van der Waals surface area contributed by atoms with Crippen LogP contribution in [0.5, 0.6) is 0 Å². The van der Waals surface area contributed by atoms with Crippen LogP contribution in [-0.2, 0) is 0 Å². The fourth-order valence-corrected chi connectivity index (χ4v) is 10.6. The van der Waals surface area contributed by atoms with Crippen molar-refractivity contribution in [1.82, 2.24) is 0 Å². The Bertz CT molecular complexity index is 669. The minimum Gasteiger partial charge on any atom is -0.393 e. The van der Waals surface area contributed by atoms with Gasteiger partial charge in [0.05, 0.1) is 6.10 Å². The predicted octanol–water partition coefficient (Wildman–Crippen LogP) is 7.86. The second-order valence-electron chi connectivity index (χ2n) is 14.0. The molecule has 1 nitrogen and oxygen atoms in total. The predicted molar refractivity (Wildman–Crippen MR) is 126 cm³/mol. The van der Waals surface area contributed by atoms with Crippen molar-refractivity contribution in [2.45, 2.75) is 125 Å². The maximum absolute atomic E-state index is 10.3. The molecule has 0 radical (unpaired) electrons. The van der Waals surface area contributed by atoms with E-state index in [1.807, 2.05) is 0 Å². The van der Waals surface area contributed by atoms with E-state index in [9.17, 15) is 5.11 Å². The van der Waals surface area contributed by atoms with Gasteiger partial charge in [-0.1, -0.05) is 54.4 Å². The summed E-state index contributed by atoms with van der Waals surface area (Å²) < 4.78 is 0. The van der Waals surface area contributed by atoms with Crippen LogP contribution in [0, 0.1) is 57.2 Å². The van der Waals surface area contributed by atoms with Gasteiger partial charge in [-0.25, -0.2) is 0 Å². The first kappa shape index (κ1) is 21.8. The van der Waals surface area contributed by atoms with E-state index in [0.717, 1.165) is 48.3 Å². The summed E-state index contributed by atoms with van der Waals surface area (Å²) in [6, 6.07) is 0. The molecule has 10 atom stereocenters. The van der Waals surface area contributed by atoms with Gasteiger partial charge in [-0.3, -0.25) is 0 Å². The van der Waals surface area contributed by atoms with E-state index in [-0.39, 0.29) is 6.10 Å². The van der Waals surface area contributed by atoms with Gasteiger partial charge in [-0.2, -0.15) is 0 Å². The van der Waals surface area contributed by atoms with E-state index in [1.165, 1.54) is 64.2 Å². The molecule has 0 aliphatic heterocycles. The zero-order valence-electron chi connectivity index (χ0n) is 21.0. The normalized spacial score (nSPS) is 54.0. The second-order valence-corrected chi connectivity index (χ2v) is 14.0.